The summed E-state index contributed by atoms with van der Waals surface area (Å²) < 4.78 is 13.1. The van der Waals surface area contributed by atoms with Crippen LogP contribution in [0.15, 0.2) is 36.9 Å². The molecule has 1 aromatic carbocycles. The summed E-state index contributed by atoms with van der Waals surface area (Å²) in [7, 11) is 0. The van der Waals surface area contributed by atoms with Gasteiger partial charge in [-0.1, -0.05) is 18.2 Å². The van der Waals surface area contributed by atoms with Crippen molar-refractivity contribution in [3.8, 4) is 0 Å². The summed E-state index contributed by atoms with van der Waals surface area (Å²) in [5, 5.41) is 12.5. The molecule has 1 fully saturated rings. The SMILES string of the molecule is C=CCC1(CO)CCCN(C(=O)NCc2cccc(F)c2)C1. The van der Waals surface area contributed by atoms with Crippen LogP contribution < -0.4 is 5.32 Å². The van der Waals surface area contributed by atoms with Gasteiger partial charge in [0.25, 0.3) is 0 Å². The van der Waals surface area contributed by atoms with Crippen LogP contribution in [0.5, 0.6) is 0 Å². The van der Waals surface area contributed by atoms with Gasteiger partial charge in [0.2, 0.25) is 0 Å². The lowest BCUT2D eigenvalue weighted by molar-refractivity contribution is 0.0492. The molecule has 1 unspecified atom stereocenters. The van der Waals surface area contributed by atoms with Crippen LogP contribution in [0.25, 0.3) is 0 Å². The molecule has 4 nitrogen and oxygen atoms in total. The third kappa shape index (κ3) is 4.07. The van der Waals surface area contributed by atoms with Gasteiger partial charge in [-0.3, -0.25) is 0 Å². The number of hydrogen-bond donors (Lipinski definition) is 2. The highest BCUT2D eigenvalue weighted by atomic mass is 19.1. The minimum atomic E-state index is -0.310. The number of carbonyl (C=O) groups is 1. The summed E-state index contributed by atoms with van der Waals surface area (Å²) in [5.74, 6) is -0.310. The Labute approximate surface area is 130 Å². The minimum Gasteiger partial charge on any atom is -0.396 e. The van der Waals surface area contributed by atoms with Gasteiger partial charge in [0, 0.05) is 25.0 Å². The highest BCUT2D eigenvalue weighted by Crippen LogP contribution is 2.33. The number of urea groups is 1. The first-order valence-electron chi connectivity index (χ1n) is 7.57. The quantitative estimate of drug-likeness (QED) is 0.822. The average Bonchev–Trinajstić information content (AvgIpc) is 2.53. The van der Waals surface area contributed by atoms with Gasteiger partial charge in [-0.05, 0) is 37.0 Å². The van der Waals surface area contributed by atoms with E-state index in [-0.39, 0.29) is 23.9 Å². The molecule has 0 radical (unpaired) electrons. The molecule has 1 atom stereocenters. The maximum absolute atomic E-state index is 13.1. The molecule has 2 rings (SSSR count). The summed E-state index contributed by atoms with van der Waals surface area (Å²) in [5.41, 5.74) is 0.445. The van der Waals surface area contributed by atoms with Gasteiger partial charge >= 0.3 is 6.03 Å². The van der Waals surface area contributed by atoms with Crippen molar-refractivity contribution >= 4 is 6.03 Å². The smallest absolute Gasteiger partial charge is 0.317 e. The first kappa shape index (κ1) is 16.5. The molecule has 1 saturated heterocycles. The standard InChI is InChI=1S/C17H23FN2O2/c1-2-7-17(13-21)8-4-9-20(12-17)16(22)19-11-14-5-3-6-15(18)10-14/h2-3,5-6,10,21H,1,4,7-9,11-13H2,(H,19,22). The third-order valence-electron chi connectivity index (χ3n) is 4.19. The summed E-state index contributed by atoms with van der Waals surface area (Å²) in [4.78, 5) is 14.0. The van der Waals surface area contributed by atoms with Crippen LogP contribution >= 0.6 is 0 Å². The molecular weight excluding hydrogens is 283 g/mol. The summed E-state index contributed by atoms with van der Waals surface area (Å²) in [6.45, 7) is 5.27. The van der Waals surface area contributed by atoms with E-state index < -0.39 is 0 Å². The van der Waals surface area contributed by atoms with E-state index in [0.717, 1.165) is 18.4 Å². The number of rotatable bonds is 5. The molecule has 2 N–H and O–H groups in total. The van der Waals surface area contributed by atoms with Crippen molar-refractivity contribution in [3.63, 3.8) is 0 Å². The predicted molar refractivity (Wildman–Crippen MR) is 83.8 cm³/mol. The molecule has 5 heteroatoms. The van der Waals surface area contributed by atoms with E-state index in [9.17, 15) is 14.3 Å². The first-order valence-corrected chi connectivity index (χ1v) is 7.57. The van der Waals surface area contributed by atoms with Gasteiger partial charge in [0.05, 0.1) is 6.61 Å². The number of likely N-dealkylation sites (tertiary alicyclic amines) is 1. The van der Waals surface area contributed by atoms with Gasteiger partial charge in [0.15, 0.2) is 0 Å². The lowest BCUT2D eigenvalue weighted by atomic mass is 9.78. The topological polar surface area (TPSA) is 52.6 Å². The Balaban J connectivity index is 1.93. The van der Waals surface area contributed by atoms with Gasteiger partial charge in [0.1, 0.15) is 5.82 Å². The summed E-state index contributed by atoms with van der Waals surface area (Å²) in [6.07, 6.45) is 4.24. The fourth-order valence-electron chi connectivity index (χ4n) is 2.98. The molecule has 22 heavy (non-hydrogen) atoms. The summed E-state index contributed by atoms with van der Waals surface area (Å²) in [6, 6.07) is 6.01. The van der Waals surface area contributed by atoms with Crippen molar-refractivity contribution in [2.45, 2.75) is 25.8 Å². The molecule has 1 aromatic rings. The van der Waals surface area contributed by atoms with E-state index in [4.69, 9.17) is 0 Å². The monoisotopic (exact) mass is 306 g/mol. The minimum absolute atomic E-state index is 0.0483. The number of allylic oxidation sites excluding steroid dienone is 1. The number of nitrogens with one attached hydrogen (secondary N) is 1. The highest BCUT2D eigenvalue weighted by Gasteiger charge is 2.35. The first-order chi connectivity index (χ1) is 10.6. The van der Waals surface area contributed by atoms with Gasteiger partial charge in [-0.25, -0.2) is 9.18 Å². The zero-order chi connectivity index (χ0) is 16.0. The number of aliphatic hydroxyl groups excluding tert-OH is 1. The van der Waals surface area contributed by atoms with Gasteiger partial charge < -0.3 is 15.3 Å². The molecule has 0 aromatic heterocycles. The molecular formula is C17H23FN2O2. The zero-order valence-electron chi connectivity index (χ0n) is 12.7. The number of amides is 2. The largest absolute Gasteiger partial charge is 0.396 e. The molecule has 0 bridgehead atoms. The maximum atomic E-state index is 13.1. The molecule has 1 aliphatic heterocycles. The number of hydrogen-bond acceptors (Lipinski definition) is 2. The van der Waals surface area contributed by atoms with Crippen molar-refractivity contribution in [2.24, 2.45) is 5.41 Å². The second-order valence-electron chi connectivity index (χ2n) is 5.96. The Morgan fingerprint density at radius 1 is 1.55 bits per heavy atom. The Morgan fingerprint density at radius 3 is 3.05 bits per heavy atom. The Kier molecular flexibility index (Phi) is 5.55. The van der Waals surface area contributed by atoms with Crippen LogP contribution in [0.3, 0.4) is 0 Å². The number of benzene rings is 1. The van der Waals surface area contributed by atoms with Crippen molar-refractivity contribution in [1.82, 2.24) is 10.2 Å². The van der Waals surface area contributed by atoms with Crippen LogP contribution in [-0.4, -0.2) is 35.7 Å². The van der Waals surface area contributed by atoms with E-state index >= 15 is 0 Å². The zero-order valence-corrected chi connectivity index (χ0v) is 12.7. The second kappa shape index (κ2) is 7.40. The van der Waals surface area contributed by atoms with E-state index in [1.807, 2.05) is 0 Å². The van der Waals surface area contributed by atoms with Crippen LogP contribution in [-0.2, 0) is 6.54 Å². The number of piperidine rings is 1. The second-order valence-corrected chi connectivity index (χ2v) is 5.96. The van der Waals surface area contributed by atoms with Crippen molar-refractivity contribution < 1.29 is 14.3 Å². The summed E-state index contributed by atoms with van der Waals surface area (Å²) >= 11 is 0. The molecule has 0 aliphatic carbocycles. The van der Waals surface area contributed by atoms with Gasteiger partial charge in [-0.15, -0.1) is 6.58 Å². The van der Waals surface area contributed by atoms with Crippen molar-refractivity contribution in [1.29, 1.82) is 0 Å². The number of nitrogens with zero attached hydrogens (tertiary/aromatic N) is 1. The van der Waals surface area contributed by atoms with Crippen molar-refractivity contribution in [3.05, 3.63) is 48.3 Å². The lowest BCUT2D eigenvalue weighted by Gasteiger charge is -2.41. The maximum Gasteiger partial charge on any atom is 0.317 e. The fourth-order valence-corrected chi connectivity index (χ4v) is 2.98. The fraction of sp³-hybridized carbons (Fsp3) is 0.471. The number of carbonyl (C=O) groups excluding carboxylic acids is 1. The molecule has 0 saturated carbocycles. The highest BCUT2D eigenvalue weighted by molar-refractivity contribution is 5.74. The normalized spacial score (nSPS) is 21.5. The lowest BCUT2D eigenvalue weighted by Crippen LogP contribution is -2.50. The molecule has 120 valence electrons. The Bertz CT molecular complexity index is 535. The van der Waals surface area contributed by atoms with Crippen LogP contribution in [0, 0.1) is 11.2 Å². The van der Waals surface area contributed by atoms with E-state index in [1.54, 1.807) is 23.1 Å². The van der Waals surface area contributed by atoms with Crippen LogP contribution in [0.4, 0.5) is 9.18 Å². The molecule has 1 aliphatic rings. The van der Waals surface area contributed by atoms with E-state index in [0.29, 0.717) is 26.1 Å². The predicted octanol–water partition coefficient (Wildman–Crippen LogP) is 2.69. The molecule has 0 spiro atoms. The number of aliphatic hydroxyl groups is 1. The van der Waals surface area contributed by atoms with E-state index in [2.05, 4.69) is 11.9 Å². The number of halogens is 1. The Morgan fingerprint density at radius 2 is 2.36 bits per heavy atom. The Hall–Kier alpha value is -1.88. The van der Waals surface area contributed by atoms with Crippen LogP contribution in [0.2, 0.25) is 0 Å². The van der Waals surface area contributed by atoms with E-state index in [1.165, 1.54) is 12.1 Å². The average molecular weight is 306 g/mol. The third-order valence-corrected chi connectivity index (χ3v) is 4.19. The van der Waals surface area contributed by atoms with Gasteiger partial charge in [-0.2, -0.15) is 0 Å². The van der Waals surface area contributed by atoms with Crippen molar-refractivity contribution in [2.75, 3.05) is 19.7 Å². The molecule has 1 heterocycles. The molecule has 2 amide bonds. The van der Waals surface area contributed by atoms with Crippen LogP contribution in [0.1, 0.15) is 24.8 Å².